The first kappa shape index (κ1) is 32.5. The number of carbonyl (C=O) groups is 1. The van der Waals surface area contributed by atoms with E-state index in [0.717, 1.165) is 38.4 Å². The SMILES string of the molecule is CCCC1OCC(CO)O1.CCCC1OCC(O)CO1.CCCC=O.OCC(O)CO.[H+]. The number of aliphatic hydroxyl groups is 5. The highest BCUT2D eigenvalue weighted by molar-refractivity contribution is 5.48. The van der Waals surface area contributed by atoms with Crippen LogP contribution in [-0.2, 0) is 23.7 Å². The summed E-state index contributed by atoms with van der Waals surface area (Å²) in [5.74, 6) is 0. The number of aliphatic hydroxyl groups excluding tert-OH is 5. The molecule has 2 heterocycles. The van der Waals surface area contributed by atoms with Gasteiger partial charge in [-0.3, -0.25) is 0 Å². The molecule has 10 nitrogen and oxygen atoms in total. The van der Waals surface area contributed by atoms with Crippen LogP contribution in [0.1, 0.15) is 60.7 Å². The van der Waals surface area contributed by atoms with Crippen molar-refractivity contribution >= 4 is 6.29 Å². The fourth-order valence-electron chi connectivity index (χ4n) is 2.10. The molecule has 0 radical (unpaired) electrons. The van der Waals surface area contributed by atoms with Crippen LogP contribution >= 0.6 is 0 Å². The molecule has 2 saturated heterocycles. The summed E-state index contributed by atoms with van der Waals surface area (Å²) in [4.78, 5) is 9.40. The molecule has 0 aliphatic carbocycles. The van der Waals surface area contributed by atoms with Gasteiger partial charge >= 0.3 is 1.43 Å². The topological polar surface area (TPSA) is 155 Å². The maximum Gasteiger partial charge on any atom is 1.00 e. The molecule has 0 bridgehead atoms. The number of unbranched alkanes of at least 4 members (excludes halogenated alkanes) is 1. The smallest absolute Gasteiger partial charge is 0.394 e. The van der Waals surface area contributed by atoms with Gasteiger partial charge in [-0.1, -0.05) is 33.6 Å². The molecule has 2 aliphatic rings. The quantitative estimate of drug-likeness (QED) is 0.309. The van der Waals surface area contributed by atoms with E-state index in [2.05, 4.69) is 13.8 Å². The third-order valence-corrected chi connectivity index (χ3v) is 3.84. The number of aldehydes is 1. The molecule has 31 heavy (non-hydrogen) atoms. The predicted molar refractivity (Wildman–Crippen MR) is 115 cm³/mol. The van der Waals surface area contributed by atoms with Crippen LogP contribution in [0.3, 0.4) is 0 Å². The van der Waals surface area contributed by atoms with Crippen LogP contribution in [-0.4, -0.2) is 102 Å². The van der Waals surface area contributed by atoms with Crippen molar-refractivity contribution in [2.75, 3.05) is 39.6 Å². The molecular formula is C21H45O10+. The first-order valence-corrected chi connectivity index (χ1v) is 11.0. The van der Waals surface area contributed by atoms with E-state index in [1.54, 1.807) is 0 Å². The molecule has 5 N–H and O–H groups in total. The van der Waals surface area contributed by atoms with Gasteiger partial charge in [0.05, 0.1) is 39.6 Å². The third-order valence-electron chi connectivity index (χ3n) is 3.84. The molecular weight excluding hydrogens is 412 g/mol. The number of ether oxygens (including phenoxy) is 4. The van der Waals surface area contributed by atoms with Gasteiger partial charge in [-0.15, -0.1) is 0 Å². The second-order valence-electron chi connectivity index (χ2n) is 7.01. The molecule has 188 valence electrons. The Morgan fingerprint density at radius 3 is 1.74 bits per heavy atom. The largest absolute Gasteiger partial charge is 1.00 e. The van der Waals surface area contributed by atoms with E-state index in [4.69, 9.17) is 44.5 Å². The molecule has 10 heteroatoms. The first-order valence-electron chi connectivity index (χ1n) is 11.0. The van der Waals surface area contributed by atoms with Crippen molar-refractivity contribution in [3.63, 3.8) is 0 Å². The maximum absolute atomic E-state index is 9.40. The van der Waals surface area contributed by atoms with E-state index in [1.807, 2.05) is 6.92 Å². The number of carbonyl (C=O) groups excluding carboxylic acids is 1. The fourth-order valence-corrected chi connectivity index (χ4v) is 2.10. The molecule has 2 rings (SSSR count). The highest BCUT2D eigenvalue weighted by atomic mass is 16.7. The van der Waals surface area contributed by atoms with E-state index >= 15 is 0 Å². The standard InChI is InChI=1S/2C7H14O3.C4H8O.C3H8O3/c1-2-3-7-9-4-6(8)5-10-7;1-2-3-7-9-5-6(4-8)10-7;1-2-3-4-5;4-1-3(6)2-5/h2*6-8H,2-5H2,1H3;4H,2-3H2,1H3;3-6H,1-2H2/p+1. The van der Waals surface area contributed by atoms with Crippen LogP contribution in [0.4, 0.5) is 0 Å². The van der Waals surface area contributed by atoms with E-state index in [9.17, 15) is 4.79 Å². The zero-order chi connectivity index (χ0) is 23.9. The Labute approximate surface area is 187 Å². The summed E-state index contributed by atoms with van der Waals surface area (Å²) in [7, 11) is 0. The lowest BCUT2D eigenvalue weighted by Gasteiger charge is -2.26. The summed E-state index contributed by atoms with van der Waals surface area (Å²) in [5.41, 5.74) is 0. The van der Waals surface area contributed by atoms with Gasteiger partial charge in [-0.05, 0) is 19.3 Å². The fraction of sp³-hybridized carbons (Fsp3) is 0.952. The molecule has 2 fully saturated rings. The van der Waals surface area contributed by atoms with E-state index in [1.165, 1.54) is 0 Å². The van der Waals surface area contributed by atoms with Crippen molar-refractivity contribution in [1.82, 2.24) is 0 Å². The molecule has 2 atom stereocenters. The van der Waals surface area contributed by atoms with Crippen LogP contribution in [0.25, 0.3) is 0 Å². The van der Waals surface area contributed by atoms with Crippen molar-refractivity contribution < 1.29 is 50.7 Å². The normalized spacial score (nSPS) is 24.8. The Morgan fingerprint density at radius 1 is 0.903 bits per heavy atom. The minimum absolute atomic E-state index is 0. The molecule has 0 aromatic carbocycles. The van der Waals surface area contributed by atoms with Crippen LogP contribution in [0, 0.1) is 0 Å². The molecule has 0 aromatic heterocycles. The van der Waals surface area contributed by atoms with Crippen molar-refractivity contribution in [1.29, 1.82) is 0 Å². The summed E-state index contributed by atoms with van der Waals surface area (Å²) in [5, 5.41) is 41.6. The molecule has 0 spiro atoms. The van der Waals surface area contributed by atoms with Gasteiger partial charge in [0.1, 0.15) is 24.6 Å². The van der Waals surface area contributed by atoms with E-state index < -0.39 is 12.2 Å². The second kappa shape index (κ2) is 24.0. The van der Waals surface area contributed by atoms with Crippen molar-refractivity contribution in [3.8, 4) is 0 Å². The van der Waals surface area contributed by atoms with E-state index in [0.29, 0.717) is 26.2 Å². The summed E-state index contributed by atoms with van der Waals surface area (Å²) in [6.45, 7) is 6.87. The van der Waals surface area contributed by atoms with Gasteiger partial charge in [0.25, 0.3) is 0 Å². The van der Waals surface area contributed by atoms with E-state index in [-0.39, 0.29) is 39.9 Å². The first-order chi connectivity index (χ1) is 14.9. The molecule has 2 unspecified atom stereocenters. The van der Waals surface area contributed by atoms with Gasteiger partial charge in [0.15, 0.2) is 12.6 Å². The Balaban J connectivity index is -0.000000362. The maximum atomic E-state index is 9.40. The third kappa shape index (κ3) is 20.9. The van der Waals surface area contributed by atoms with Crippen LogP contribution in [0.15, 0.2) is 0 Å². The second-order valence-corrected chi connectivity index (χ2v) is 7.01. The van der Waals surface area contributed by atoms with Gasteiger partial charge in [0.2, 0.25) is 0 Å². The van der Waals surface area contributed by atoms with Gasteiger partial charge in [-0.25, -0.2) is 0 Å². The minimum atomic E-state index is -0.954. The average Bonchev–Trinajstić information content (AvgIpc) is 3.25. The monoisotopic (exact) mass is 457 g/mol. The van der Waals surface area contributed by atoms with Gasteiger partial charge < -0.3 is 49.3 Å². The molecule has 0 aromatic rings. The van der Waals surface area contributed by atoms with Crippen LogP contribution in [0.2, 0.25) is 0 Å². The Hall–Kier alpha value is -0.690. The van der Waals surface area contributed by atoms with Gasteiger partial charge in [0, 0.05) is 6.42 Å². The number of hydrogen-bond donors (Lipinski definition) is 5. The van der Waals surface area contributed by atoms with Crippen molar-refractivity contribution in [2.24, 2.45) is 0 Å². The highest BCUT2D eigenvalue weighted by Crippen LogP contribution is 2.14. The van der Waals surface area contributed by atoms with Crippen LogP contribution < -0.4 is 0 Å². The average molecular weight is 458 g/mol. The summed E-state index contributed by atoms with van der Waals surface area (Å²) in [6.07, 6.45) is 4.97. The zero-order valence-corrected chi connectivity index (χ0v) is 19.2. The van der Waals surface area contributed by atoms with Crippen molar-refractivity contribution in [3.05, 3.63) is 0 Å². The Morgan fingerprint density at radius 2 is 1.42 bits per heavy atom. The summed E-state index contributed by atoms with van der Waals surface area (Å²) < 4.78 is 20.8. The van der Waals surface area contributed by atoms with Crippen LogP contribution in [0.5, 0.6) is 0 Å². The Kier molecular flexibility index (Phi) is 25.1. The number of hydrogen-bond acceptors (Lipinski definition) is 10. The number of rotatable bonds is 9. The van der Waals surface area contributed by atoms with Gasteiger partial charge in [-0.2, -0.15) is 0 Å². The van der Waals surface area contributed by atoms with Crippen molar-refractivity contribution in [2.45, 2.75) is 90.2 Å². The zero-order valence-electron chi connectivity index (χ0n) is 20.2. The predicted octanol–water partition coefficient (Wildman–Crippen LogP) is 0.470. The lowest BCUT2D eigenvalue weighted by Crippen LogP contribution is -2.35. The summed E-state index contributed by atoms with van der Waals surface area (Å²) in [6, 6.07) is 0. The molecule has 0 amide bonds. The molecule has 2 aliphatic heterocycles. The lowest BCUT2D eigenvalue weighted by atomic mass is 10.3. The molecule has 0 saturated carbocycles. The summed E-state index contributed by atoms with van der Waals surface area (Å²) >= 11 is 0. The highest BCUT2D eigenvalue weighted by Gasteiger charge is 2.23. The lowest BCUT2D eigenvalue weighted by molar-refractivity contribution is -0.218. The minimum Gasteiger partial charge on any atom is -0.394 e. The Bertz CT molecular complexity index is 362.